The molecule has 0 heterocycles. The van der Waals surface area contributed by atoms with Gasteiger partial charge in [-0.3, -0.25) is 0 Å². The summed E-state index contributed by atoms with van der Waals surface area (Å²) in [5.41, 5.74) is 10.3. The molecule has 0 radical (unpaired) electrons. The Hall–Kier alpha value is -1.88. The second-order valence-electron chi connectivity index (χ2n) is 4.91. The van der Waals surface area contributed by atoms with Gasteiger partial charge in [0.25, 0.3) is 5.71 Å². The Balaban J connectivity index is 3.24. The molecule has 18 heavy (non-hydrogen) atoms. The first kappa shape index (κ1) is 14.2. The fourth-order valence-electron chi connectivity index (χ4n) is 1.34. The number of halogens is 1. The molecule has 1 rings (SSSR count). The Labute approximate surface area is 112 Å². The topological polar surface area (TPSA) is 60.2 Å². The van der Waals surface area contributed by atoms with Crippen LogP contribution >= 0.6 is 11.6 Å². The van der Waals surface area contributed by atoms with Crippen molar-refractivity contribution in [2.24, 2.45) is 5.41 Å². The van der Waals surface area contributed by atoms with E-state index in [-0.39, 0.29) is 5.41 Å². The Morgan fingerprint density at radius 1 is 1.33 bits per heavy atom. The van der Waals surface area contributed by atoms with Crippen LogP contribution in [0.4, 0.5) is 0 Å². The summed E-state index contributed by atoms with van der Waals surface area (Å²) in [5, 5.41) is 9.78. The molecule has 1 aromatic rings. The summed E-state index contributed by atoms with van der Waals surface area (Å²) in [5.74, 6) is 0. The van der Waals surface area contributed by atoms with Crippen molar-refractivity contribution in [2.45, 2.75) is 20.8 Å². The fourth-order valence-corrected chi connectivity index (χ4v) is 1.47. The number of nitriles is 1. The summed E-state index contributed by atoms with van der Waals surface area (Å²) in [4.78, 5) is 3.25. The third-order valence-corrected chi connectivity index (χ3v) is 2.68. The first-order valence-corrected chi connectivity index (χ1v) is 5.86. The normalized spacial score (nSPS) is 11.6. The highest BCUT2D eigenvalue weighted by Crippen LogP contribution is 2.21. The molecule has 0 fully saturated rings. The molecular weight excluding hydrogens is 246 g/mol. The quantitative estimate of drug-likeness (QED) is 0.343. The molecule has 92 valence electrons. The van der Waals surface area contributed by atoms with Crippen LogP contribution in [0.25, 0.3) is 11.1 Å². The maximum Gasteiger partial charge on any atom is 0.298 e. The third-order valence-electron chi connectivity index (χ3n) is 2.43. The van der Waals surface area contributed by atoms with Crippen molar-refractivity contribution < 1.29 is 4.79 Å². The van der Waals surface area contributed by atoms with Crippen LogP contribution in [0.3, 0.4) is 0 Å². The van der Waals surface area contributed by atoms with Gasteiger partial charge in [-0.05, 0) is 38.5 Å². The monoisotopic (exact) mass is 259 g/mol. The minimum Gasteiger partial charge on any atom is -0.361 e. The highest BCUT2D eigenvalue weighted by atomic mass is 35.5. The van der Waals surface area contributed by atoms with Crippen molar-refractivity contribution >= 4 is 22.9 Å². The third kappa shape index (κ3) is 3.56. The average molecular weight is 260 g/mol. The van der Waals surface area contributed by atoms with Crippen molar-refractivity contribution in [3.8, 4) is 6.07 Å². The standard InChI is InChI=1S/C14H14ClN3/c1-14(2,3)13(18-17)8-11(9-16)10-4-6-12(15)7-5-10/h4-8H,1-3H3/b11-8+. The molecule has 0 atom stereocenters. The van der Waals surface area contributed by atoms with Crippen LogP contribution < -0.4 is 0 Å². The first-order valence-electron chi connectivity index (χ1n) is 5.48. The zero-order valence-corrected chi connectivity index (χ0v) is 11.4. The van der Waals surface area contributed by atoms with Crippen LogP contribution in [0.15, 0.2) is 30.3 Å². The van der Waals surface area contributed by atoms with Gasteiger partial charge in [-0.15, -0.1) is 0 Å². The van der Waals surface area contributed by atoms with Crippen LogP contribution in [-0.4, -0.2) is 10.5 Å². The van der Waals surface area contributed by atoms with Gasteiger partial charge in [0.1, 0.15) is 6.07 Å². The van der Waals surface area contributed by atoms with Gasteiger partial charge >= 0.3 is 0 Å². The van der Waals surface area contributed by atoms with Gasteiger partial charge in [0, 0.05) is 11.1 Å². The van der Waals surface area contributed by atoms with Crippen LogP contribution in [0.2, 0.25) is 5.02 Å². The molecule has 0 saturated heterocycles. The van der Waals surface area contributed by atoms with E-state index in [1.54, 1.807) is 30.3 Å². The van der Waals surface area contributed by atoms with Crippen molar-refractivity contribution in [3.63, 3.8) is 0 Å². The van der Waals surface area contributed by atoms with Gasteiger partial charge in [0.05, 0.1) is 11.0 Å². The van der Waals surface area contributed by atoms with E-state index in [2.05, 4.69) is 10.9 Å². The number of nitrogens with zero attached hydrogens (tertiary/aromatic N) is 3. The number of benzene rings is 1. The van der Waals surface area contributed by atoms with Crippen LogP contribution in [-0.2, 0) is 0 Å². The molecule has 0 spiro atoms. The van der Waals surface area contributed by atoms with E-state index < -0.39 is 0 Å². The number of allylic oxidation sites excluding steroid dienone is 2. The second-order valence-corrected chi connectivity index (χ2v) is 5.35. The molecule has 0 N–H and O–H groups in total. The van der Waals surface area contributed by atoms with Crippen LogP contribution in [0.5, 0.6) is 0 Å². The Morgan fingerprint density at radius 2 is 1.89 bits per heavy atom. The summed E-state index contributed by atoms with van der Waals surface area (Å²) >= 11 is 5.80. The van der Waals surface area contributed by atoms with Gasteiger partial charge in [-0.2, -0.15) is 10.1 Å². The summed E-state index contributed by atoms with van der Waals surface area (Å²) in [7, 11) is 0. The molecule has 0 aliphatic carbocycles. The van der Waals surface area contributed by atoms with Gasteiger partial charge in [-0.25, -0.2) is 0 Å². The molecule has 0 amide bonds. The van der Waals surface area contributed by atoms with Crippen LogP contribution in [0, 0.1) is 16.7 Å². The van der Waals surface area contributed by atoms with E-state index in [4.69, 9.17) is 17.1 Å². The average Bonchev–Trinajstić information content (AvgIpc) is 2.30. The molecule has 0 bridgehead atoms. The second kappa shape index (κ2) is 5.64. The molecule has 3 nitrogen and oxygen atoms in total. The minimum atomic E-state index is -0.330. The van der Waals surface area contributed by atoms with Crippen molar-refractivity contribution in [3.05, 3.63) is 46.5 Å². The van der Waals surface area contributed by atoms with Gasteiger partial charge in [0.2, 0.25) is 0 Å². The molecular formula is C14H14ClN3. The SMILES string of the molecule is CC(C)(C)C(/C=C(\C#N)c1ccc(Cl)cc1)=[N+]=[N-]. The number of hydrogen-bond acceptors (Lipinski definition) is 1. The van der Waals surface area contributed by atoms with E-state index in [1.165, 1.54) is 0 Å². The van der Waals surface area contributed by atoms with Crippen molar-refractivity contribution in [1.82, 2.24) is 0 Å². The van der Waals surface area contributed by atoms with Crippen molar-refractivity contribution in [1.29, 1.82) is 5.26 Å². The van der Waals surface area contributed by atoms with Crippen LogP contribution in [0.1, 0.15) is 26.3 Å². The molecule has 0 saturated carbocycles. The van der Waals surface area contributed by atoms with E-state index >= 15 is 0 Å². The summed E-state index contributed by atoms with van der Waals surface area (Å²) in [6.07, 6.45) is 1.59. The summed E-state index contributed by atoms with van der Waals surface area (Å²) in [6, 6.07) is 9.05. The smallest absolute Gasteiger partial charge is 0.298 e. The predicted molar refractivity (Wildman–Crippen MR) is 73.1 cm³/mol. The largest absolute Gasteiger partial charge is 0.361 e. The zero-order valence-electron chi connectivity index (χ0n) is 10.6. The lowest BCUT2D eigenvalue weighted by Gasteiger charge is -2.09. The fraction of sp³-hybridized carbons (Fsp3) is 0.286. The molecule has 1 aromatic carbocycles. The summed E-state index contributed by atoms with van der Waals surface area (Å²) < 4.78 is 0. The number of rotatable bonds is 2. The Morgan fingerprint density at radius 3 is 2.28 bits per heavy atom. The molecule has 0 unspecified atom stereocenters. The van der Waals surface area contributed by atoms with Gasteiger partial charge in [0.15, 0.2) is 0 Å². The van der Waals surface area contributed by atoms with E-state index in [9.17, 15) is 5.26 Å². The highest BCUT2D eigenvalue weighted by Gasteiger charge is 2.25. The maximum atomic E-state index is 9.17. The Bertz CT molecular complexity index is 550. The van der Waals surface area contributed by atoms with E-state index in [1.807, 2.05) is 20.8 Å². The van der Waals surface area contributed by atoms with Gasteiger partial charge < -0.3 is 5.53 Å². The molecule has 0 aliphatic rings. The first-order chi connectivity index (χ1) is 8.38. The maximum absolute atomic E-state index is 9.17. The van der Waals surface area contributed by atoms with Crippen molar-refractivity contribution in [2.75, 3.05) is 0 Å². The van der Waals surface area contributed by atoms with Gasteiger partial charge in [-0.1, -0.05) is 23.7 Å². The molecule has 0 aliphatic heterocycles. The highest BCUT2D eigenvalue weighted by molar-refractivity contribution is 6.30. The summed E-state index contributed by atoms with van der Waals surface area (Å²) in [6.45, 7) is 5.74. The lowest BCUT2D eigenvalue weighted by molar-refractivity contribution is -0.0148. The number of hydrogen-bond donors (Lipinski definition) is 0. The zero-order chi connectivity index (χ0) is 13.8. The lowest BCUT2D eigenvalue weighted by atomic mass is 9.88. The molecule has 0 aromatic heterocycles. The molecule has 4 heteroatoms. The predicted octanol–water partition coefficient (Wildman–Crippen LogP) is 3.96. The Kier molecular flexibility index (Phi) is 4.44. The van der Waals surface area contributed by atoms with E-state index in [0.717, 1.165) is 5.56 Å². The minimum absolute atomic E-state index is 0.330. The lowest BCUT2D eigenvalue weighted by Crippen LogP contribution is -2.19. The van der Waals surface area contributed by atoms with E-state index in [0.29, 0.717) is 16.3 Å².